The van der Waals surface area contributed by atoms with Gasteiger partial charge in [0.15, 0.2) is 11.6 Å². The maximum absolute atomic E-state index is 14.6. The second-order valence-electron chi connectivity index (χ2n) is 9.32. The highest BCUT2D eigenvalue weighted by atomic mass is 19.1. The SMILES string of the molecule is CCCC(CCNC(=O)Cc1ccc(NC(=O)Nc2ncccc2OC)c(F)c1)N1C=NN(CCCC(=O)O)C1. The molecule has 216 valence electrons. The Morgan fingerprint density at radius 2 is 2.02 bits per heavy atom. The average molecular weight is 558 g/mol. The first-order valence-corrected chi connectivity index (χ1v) is 13.2. The van der Waals surface area contributed by atoms with Crippen molar-refractivity contribution in [3.05, 3.63) is 47.9 Å². The number of hydrogen-bond donors (Lipinski definition) is 4. The van der Waals surface area contributed by atoms with E-state index in [-0.39, 0.29) is 36.3 Å². The van der Waals surface area contributed by atoms with Gasteiger partial charge in [0.05, 0.1) is 19.2 Å². The zero-order chi connectivity index (χ0) is 28.9. The molecule has 13 heteroatoms. The topological polar surface area (TPSA) is 148 Å². The lowest BCUT2D eigenvalue weighted by Gasteiger charge is -2.28. The summed E-state index contributed by atoms with van der Waals surface area (Å²) in [6.07, 6.45) is 6.49. The van der Waals surface area contributed by atoms with Gasteiger partial charge in [0, 0.05) is 31.7 Å². The third-order valence-electron chi connectivity index (χ3n) is 6.26. The van der Waals surface area contributed by atoms with Crippen LogP contribution >= 0.6 is 0 Å². The molecule has 12 nitrogen and oxygen atoms in total. The minimum Gasteiger partial charge on any atom is -0.493 e. The molecular formula is C27H36FN7O5. The van der Waals surface area contributed by atoms with Crippen LogP contribution < -0.4 is 20.7 Å². The van der Waals surface area contributed by atoms with Crippen molar-refractivity contribution in [3.8, 4) is 5.75 Å². The Morgan fingerprint density at radius 1 is 1.20 bits per heavy atom. The molecular weight excluding hydrogens is 521 g/mol. The van der Waals surface area contributed by atoms with Gasteiger partial charge in [-0.2, -0.15) is 5.10 Å². The fourth-order valence-electron chi connectivity index (χ4n) is 4.27. The number of anilines is 2. The Morgan fingerprint density at radius 3 is 2.75 bits per heavy atom. The number of hydrazone groups is 1. The van der Waals surface area contributed by atoms with E-state index < -0.39 is 17.8 Å². The zero-order valence-electron chi connectivity index (χ0n) is 22.7. The summed E-state index contributed by atoms with van der Waals surface area (Å²) in [5, 5.41) is 22.8. The lowest BCUT2D eigenvalue weighted by atomic mass is 10.1. The summed E-state index contributed by atoms with van der Waals surface area (Å²) in [5.41, 5.74) is 0.435. The van der Waals surface area contributed by atoms with Crippen molar-refractivity contribution in [2.24, 2.45) is 5.10 Å². The van der Waals surface area contributed by atoms with Gasteiger partial charge in [-0.3, -0.25) is 19.9 Å². The fourth-order valence-corrected chi connectivity index (χ4v) is 4.27. The third-order valence-corrected chi connectivity index (χ3v) is 6.26. The van der Waals surface area contributed by atoms with Crippen molar-refractivity contribution in [2.75, 3.05) is 37.5 Å². The lowest BCUT2D eigenvalue weighted by molar-refractivity contribution is -0.137. The quantitative estimate of drug-likeness (QED) is 0.260. The molecule has 3 rings (SSSR count). The van der Waals surface area contributed by atoms with Crippen molar-refractivity contribution in [2.45, 2.75) is 51.5 Å². The summed E-state index contributed by atoms with van der Waals surface area (Å²) in [4.78, 5) is 41.6. The zero-order valence-corrected chi connectivity index (χ0v) is 22.7. The van der Waals surface area contributed by atoms with Crippen molar-refractivity contribution in [1.29, 1.82) is 0 Å². The number of carbonyl (C=O) groups is 3. The minimum atomic E-state index is -0.819. The summed E-state index contributed by atoms with van der Waals surface area (Å²) in [6, 6.07) is 6.99. The number of benzene rings is 1. The van der Waals surface area contributed by atoms with Gasteiger partial charge < -0.3 is 25.4 Å². The van der Waals surface area contributed by atoms with Crippen LogP contribution in [-0.4, -0.2) is 77.2 Å². The van der Waals surface area contributed by atoms with E-state index in [1.54, 1.807) is 24.5 Å². The predicted octanol–water partition coefficient (Wildman–Crippen LogP) is 3.47. The van der Waals surface area contributed by atoms with E-state index in [1.165, 1.54) is 25.4 Å². The maximum atomic E-state index is 14.6. The number of pyridine rings is 1. The number of ether oxygens (including phenoxy) is 1. The predicted molar refractivity (Wildman–Crippen MR) is 149 cm³/mol. The fraction of sp³-hybridized carbons (Fsp3) is 0.444. The number of amides is 3. The Balaban J connectivity index is 1.43. The van der Waals surface area contributed by atoms with E-state index in [0.717, 1.165) is 12.8 Å². The molecule has 0 saturated heterocycles. The Hall–Kier alpha value is -4.42. The van der Waals surface area contributed by atoms with E-state index in [0.29, 0.717) is 43.9 Å². The number of carbonyl (C=O) groups excluding carboxylic acids is 2. The van der Waals surface area contributed by atoms with Crippen molar-refractivity contribution in [1.82, 2.24) is 20.2 Å². The van der Waals surface area contributed by atoms with Crippen LogP contribution in [0.3, 0.4) is 0 Å². The number of methoxy groups -OCH3 is 1. The normalized spacial score (nSPS) is 13.2. The molecule has 1 aromatic heterocycles. The molecule has 3 amide bonds. The van der Waals surface area contributed by atoms with Crippen molar-refractivity contribution in [3.63, 3.8) is 0 Å². The smallest absolute Gasteiger partial charge is 0.325 e. The van der Waals surface area contributed by atoms with Gasteiger partial charge in [-0.1, -0.05) is 19.4 Å². The van der Waals surface area contributed by atoms with E-state index in [9.17, 15) is 18.8 Å². The molecule has 1 unspecified atom stereocenters. The summed E-state index contributed by atoms with van der Waals surface area (Å²) in [6.45, 7) is 3.70. The minimum absolute atomic E-state index is 0.00446. The van der Waals surface area contributed by atoms with Gasteiger partial charge >= 0.3 is 12.0 Å². The molecule has 0 saturated carbocycles. The average Bonchev–Trinajstić information content (AvgIpc) is 3.38. The number of nitrogens with zero attached hydrogens (tertiary/aromatic N) is 4. The number of rotatable bonds is 15. The van der Waals surface area contributed by atoms with E-state index in [1.807, 2.05) is 5.01 Å². The number of aliphatic carboxylic acids is 1. The van der Waals surface area contributed by atoms with E-state index in [4.69, 9.17) is 9.84 Å². The monoisotopic (exact) mass is 557 g/mol. The van der Waals surface area contributed by atoms with Crippen LogP contribution in [0.4, 0.5) is 20.7 Å². The molecule has 0 radical (unpaired) electrons. The molecule has 1 atom stereocenters. The molecule has 0 spiro atoms. The molecule has 2 heterocycles. The first-order valence-electron chi connectivity index (χ1n) is 13.2. The summed E-state index contributed by atoms with van der Waals surface area (Å²) < 4.78 is 19.8. The van der Waals surface area contributed by atoms with Gasteiger partial charge in [-0.25, -0.2) is 14.2 Å². The lowest BCUT2D eigenvalue weighted by Crippen LogP contribution is -2.39. The Kier molecular flexibility index (Phi) is 11.5. The van der Waals surface area contributed by atoms with Crippen molar-refractivity contribution < 1.29 is 28.6 Å². The molecule has 0 bridgehead atoms. The first kappa shape index (κ1) is 30.1. The van der Waals surface area contributed by atoms with E-state index >= 15 is 0 Å². The van der Waals surface area contributed by atoms with Crippen LogP contribution in [-0.2, 0) is 16.0 Å². The number of aromatic nitrogens is 1. The highest BCUT2D eigenvalue weighted by Gasteiger charge is 2.22. The number of urea groups is 1. The third kappa shape index (κ3) is 9.40. The first-order chi connectivity index (χ1) is 19.3. The second-order valence-corrected chi connectivity index (χ2v) is 9.32. The second kappa shape index (κ2) is 15.2. The number of nitrogens with one attached hydrogen (secondary N) is 3. The molecule has 1 aliphatic rings. The van der Waals surface area contributed by atoms with Crippen molar-refractivity contribution >= 4 is 35.8 Å². The van der Waals surface area contributed by atoms with Crippen LogP contribution in [0.1, 0.15) is 44.6 Å². The molecule has 0 aliphatic carbocycles. The van der Waals surface area contributed by atoms with Crippen LogP contribution in [0, 0.1) is 5.82 Å². The summed E-state index contributed by atoms with van der Waals surface area (Å²) in [5.74, 6) is -1.16. The van der Waals surface area contributed by atoms with Crippen LogP contribution in [0.2, 0.25) is 0 Å². The van der Waals surface area contributed by atoms with Crippen LogP contribution in [0.25, 0.3) is 0 Å². The molecule has 2 aromatic rings. The van der Waals surface area contributed by atoms with Gasteiger partial charge in [-0.05, 0) is 49.1 Å². The summed E-state index contributed by atoms with van der Waals surface area (Å²) in [7, 11) is 1.45. The number of carboxylic acids is 1. The van der Waals surface area contributed by atoms with Gasteiger partial charge in [0.2, 0.25) is 5.91 Å². The standard InChI is InChI=1S/C27H36FN7O5/c1-3-6-20(34-17-31-35(18-34)14-5-8-25(37)38)11-13-29-24(36)16-19-9-10-22(21(28)15-19)32-27(39)33-26-23(40-2)7-4-12-30-26/h4,7,9-10,12,15,17,20H,3,5-6,8,11,13-14,16,18H2,1-2H3,(H,29,36)(H,37,38)(H2,30,32,33,39). The molecule has 4 N–H and O–H groups in total. The summed E-state index contributed by atoms with van der Waals surface area (Å²) >= 11 is 0. The van der Waals surface area contributed by atoms with Crippen LogP contribution in [0.15, 0.2) is 41.6 Å². The Labute approximate surface area is 232 Å². The Bertz CT molecular complexity index is 1200. The largest absolute Gasteiger partial charge is 0.493 e. The number of carboxylic acid groups (broad SMARTS) is 1. The van der Waals surface area contributed by atoms with Crippen LogP contribution in [0.5, 0.6) is 5.75 Å². The molecule has 40 heavy (non-hydrogen) atoms. The number of hydrogen-bond acceptors (Lipinski definition) is 8. The highest BCUT2D eigenvalue weighted by molar-refractivity contribution is 6.00. The van der Waals surface area contributed by atoms with E-state index in [2.05, 4.69) is 37.9 Å². The number of halogens is 1. The van der Waals surface area contributed by atoms with Gasteiger partial charge in [0.1, 0.15) is 18.8 Å². The molecule has 1 aliphatic heterocycles. The highest BCUT2D eigenvalue weighted by Crippen LogP contribution is 2.21. The maximum Gasteiger partial charge on any atom is 0.325 e. The molecule has 1 aromatic carbocycles. The molecule has 0 fully saturated rings. The van der Waals surface area contributed by atoms with Gasteiger partial charge in [-0.15, -0.1) is 0 Å². The van der Waals surface area contributed by atoms with Gasteiger partial charge in [0.25, 0.3) is 0 Å².